The van der Waals surface area contributed by atoms with Gasteiger partial charge in [-0.15, -0.1) is 0 Å². The van der Waals surface area contributed by atoms with Crippen LogP contribution in [0.25, 0.3) is 0 Å². The van der Waals surface area contributed by atoms with Crippen LogP contribution in [0.2, 0.25) is 0 Å². The molecule has 0 aromatic heterocycles. The SMILES string of the molecule is O=C(Cc1ccc(OC(F)F)cc1)N(Cc1ccccc1)C1CC1. The fraction of sp³-hybridized carbons (Fsp3) is 0.316. The summed E-state index contributed by atoms with van der Waals surface area (Å²) in [5.41, 5.74) is 1.90. The minimum absolute atomic E-state index is 0.0591. The molecule has 0 unspecified atom stereocenters. The van der Waals surface area contributed by atoms with Crippen molar-refractivity contribution in [1.82, 2.24) is 4.90 Å². The number of hydrogen-bond donors (Lipinski definition) is 0. The topological polar surface area (TPSA) is 29.5 Å². The highest BCUT2D eigenvalue weighted by Gasteiger charge is 2.32. The Balaban J connectivity index is 1.63. The summed E-state index contributed by atoms with van der Waals surface area (Å²) >= 11 is 0. The van der Waals surface area contributed by atoms with Crippen molar-refractivity contribution in [1.29, 1.82) is 0 Å². The zero-order chi connectivity index (χ0) is 16.9. The van der Waals surface area contributed by atoms with Crippen molar-refractivity contribution in [3.63, 3.8) is 0 Å². The summed E-state index contributed by atoms with van der Waals surface area (Å²) in [6.45, 7) is -2.23. The third-order valence-corrected chi connectivity index (χ3v) is 4.01. The van der Waals surface area contributed by atoms with E-state index in [1.807, 2.05) is 35.2 Å². The van der Waals surface area contributed by atoms with Gasteiger partial charge in [0.2, 0.25) is 5.91 Å². The summed E-state index contributed by atoms with van der Waals surface area (Å²) in [7, 11) is 0. The lowest BCUT2D eigenvalue weighted by atomic mass is 10.1. The maximum Gasteiger partial charge on any atom is 0.387 e. The van der Waals surface area contributed by atoms with E-state index >= 15 is 0 Å². The van der Waals surface area contributed by atoms with Crippen LogP contribution in [0, 0.1) is 0 Å². The van der Waals surface area contributed by atoms with E-state index in [1.165, 1.54) is 12.1 Å². The molecule has 3 rings (SSSR count). The summed E-state index contributed by atoms with van der Waals surface area (Å²) in [6, 6.07) is 16.5. The van der Waals surface area contributed by atoms with E-state index in [4.69, 9.17) is 0 Å². The molecule has 24 heavy (non-hydrogen) atoms. The summed E-state index contributed by atoms with van der Waals surface area (Å²) < 4.78 is 28.6. The van der Waals surface area contributed by atoms with Gasteiger partial charge in [-0.05, 0) is 36.1 Å². The molecule has 1 aliphatic carbocycles. The van der Waals surface area contributed by atoms with Crippen LogP contribution < -0.4 is 4.74 Å². The van der Waals surface area contributed by atoms with E-state index in [9.17, 15) is 13.6 Å². The van der Waals surface area contributed by atoms with Crippen LogP contribution >= 0.6 is 0 Å². The molecule has 1 amide bonds. The van der Waals surface area contributed by atoms with Crippen molar-refractivity contribution in [2.45, 2.75) is 38.5 Å². The van der Waals surface area contributed by atoms with Gasteiger partial charge in [0.05, 0.1) is 6.42 Å². The molecular weight excluding hydrogens is 312 g/mol. The Morgan fingerprint density at radius 3 is 2.29 bits per heavy atom. The predicted molar refractivity (Wildman–Crippen MR) is 86.8 cm³/mol. The van der Waals surface area contributed by atoms with Gasteiger partial charge in [0, 0.05) is 12.6 Å². The number of carbonyl (C=O) groups is 1. The fourth-order valence-corrected chi connectivity index (χ4v) is 2.65. The first kappa shape index (κ1) is 16.4. The molecule has 1 aliphatic rings. The van der Waals surface area contributed by atoms with E-state index in [0.29, 0.717) is 12.6 Å². The summed E-state index contributed by atoms with van der Waals surface area (Å²) in [6.07, 6.45) is 2.35. The molecule has 0 bridgehead atoms. The second-order valence-corrected chi connectivity index (χ2v) is 5.94. The molecule has 0 saturated heterocycles. The zero-order valence-corrected chi connectivity index (χ0v) is 13.2. The fourth-order valence-electron chi connectivity index (χ4n) is 2.65. The Morgan fingerprint density at radius 2 is 1.71 bits per heavy atom. The number of alkyl halides is 2. The third kappa shape index (κ3) is 4.54. The molecule has 3 nitrogen and oxygen atoms in total. The highest BCUT2D eigenvalue weighted by Crippen LogP contribution is 2.29. The minimum atomic E-state index is -2.84. The highest BCUT2D eigenvalue weighted by molar-refractivity contribution is 5.79. The molecule has 0 radical (unpaired) electrons. The van der Waals surface area contributed by atoms with Gasteiger partial charge in [0.15, 0.2) is 0 Å². The lowest BCUT2D eigenvalue weighted by Crippen LogP contribution is -2.33. The number of amides is 1. The molecule has 126 valence electrons. The Labute approximate surface area is 139 Å². The molecular formula is C19H19F2NO2. The highest BCUT2D eigenvalue weighted by atomic mass is 19.3. The average molecular weight is 331 g/mol. The van der Waals surface area contributed by atoms with Crippen molar-refractivity contribution in [3.05, 3.63) is 65.7 Å². The number of halogens is 2. The van der Waals surface area contributed by atoms with Crippen molar-refractivity contribution in [3.8, 4) is 5.75 Å². The van der Waals surface area contributed by atoms with E-state index in [-0.39, 0.29) is 18.1 Å². The van der Waals surface area contributed by atoms with Gasteiger partial charge in [-0.1, -0.05) is 42.5 Å². The van der Waals surface area contributed by atoms with Crippen molar-refractivity contribution in [2.75, 3.05) is 0 Å². The first-order chi connectivity index (χ1) is 11.6. The smallest absolute Gasteiger partial charge is 0.387 e. The first-order valence-electron chi connectivity index (χ1n) is 7.99. The largest absolute Gasteiger partial charge is 0.435 e. The van der Waals surface area contributed by atoms with Gasteiger partial charge < -0.3 is 9.64 Å². The zero-order valence-electron chi connectivity index (χ0n) is 13.2. The second kappa shape index (κ2) is 7.43. The van der Waals surface area contributed by atoms with E-state index in [2.05, 4.69) is 4.74 Å². The van der Waals surface area contributed by atoms with Gasteiger partial charge in [-0.3, -0.25) is 4.79 Å². The van der Waals surface area contributed by atoms with E-state index in [0.717, 1.165) is 24.0 Å². The number of benzene rings is 2. The Hall–Kier alpha value is -2.43. The average Bonchev–Trinajstić information content (AvgIpc) is 3.40. The number of nitrogens with zero attached hydrogens (tertiary/aromatic N) is 1. The van der Waals surface area contributed by atoms with Crippen LogP contribution in [0.5, 0.6) is 5.75 Å². The molecule has 2 aromatic rings. The molecule has 1 saturated carbocycles. The Bertz CT molecular complexity index is 670. The van der Waals surface area contributed by atoms with Crippen LogP contribution in [0.3, 0.4) is 0 Å². The lowest BCUT2D eigenvalue weighted by molar-refractivity contribution is -0.131. The lowest BCUT2D eigenvalue weighted by Gasteiger charge is -2.23. The molecule has 0 aliphatic heterocycles. The third-order valence-electron chi connectivity index (χ3n) is 4.01. The summed E-state index contributed by atoms with van der Waals surface area (Å²) in [5.74, 6) is 0.161. The second-order valence-electron chi connectivity index (χ2n) is 5.94. The quantitative estimate of drug-likeness (QED) is 0.767. The van der Waals surface area contributed by atoms with Gasteiger partial charge in [0.1, 0.15) is 5.75 Å². The molecule has 0 spiro atoms. The molecule has 1 fully saturated rings. The molecule has 0 atom stereocenters. The van der Waals surface area contributed by atoms with Gasteiger partial charge in [-0.25, -0.2) is 0 Å². The van der Waals surface area contributed by atoms with Gasteiger partial charge >= 0.3 is 6.61 Å². The monoisotopic (exact) mass is 331 g/mol. The standard InChI is InChI=1S/C19H19F2NO2/c20-19(21)24-17-10-6-14(7-11-17)12-18(23)22(16-8-9-16)13-15-4-2-1-3-5-15/h1-7,10-11,16,19H,8-9,12-13H2. The predicted octanol–water partition coefficient (Wildman–Crippen LogP) is 4.02. The van der Waals surface area contributed by atoms with Crippen LogP contribution in [-0.2, 0) is 17.8 Å². The van der Waals surface area contributed by atoms with E-state index in [1.54, 1.807) is 12.1 Å². The van der Waals surface area contributed by atoms with Crippen molar-refractivity contribution in [2.24, 2.45) is 0 Å². The summed E-state index contributed by atoms with van der Waals surface area (Å²) in [4.78, 5) is 14.6. The Kier molecular flexibility index (Phi) is 5.08. The molecule has 0 heterocycles. The van der Waals surface area contributed by atoms with Crippen LogP contribution in [0.4, 0.5) is 8.78 Å². The van der Waals surface area contributed by atoms with Gasteiger partial charge in [0.25, 0.3) is 0 Å². The van der Waals surface area contributed by atoms with Crippen LogP contribution in [0.1, 0.15) is 24.0 Å². The number of rotatable bonds is 7. The maximum absolute atomic E-state index is 12.6. The minimum Gasteiger partial charge on any atom is -0.435 e. The maximum atomic E-state index is 12.6. The normalized spacial score (nSPS) is 13.8. The van der Waals surface area contributed by atoms with Crippen molar-refractivity contribution >= 4 is 5.91 Å². The first-order valence-corrected chi connectivity index (χ1v) is 7.99. The van der Waals surface area contributed by atoms with Gasteiger partial charge in [-0.2, -0.15) is 8.78 Å². The number of ether oxygens (including phenoxy) is 1. The van der Waals surface area contributed by atoms with Crippen LogP contribution in [0.15, 0.2) is 54.6 Å². The molecule has 2 aromatic carbocycles. The Morgan fingerprint density at radius 1 is 1.04 bits per heavy atom. The van der Waals surface area contributed by atoms with Crippen molar-refractivity contribution < 1.29 is 18.3 Å². The van der Waals surface area contributed by atoms with E-state index < -0.39 is 6.61 Å². The number of carbonyl (C=O) groups excluding carboxylic acids is 1. The summed E-state index contributed by atoms with van der Waals surface area (Å²) in [5, 5.41) is 0. The number of hydrogen-bond acceptors (Lipinski definition) is 2. The van der Waals surface area contributed by atoms with Crippen LogP contribution in [-0.4, -0.2) is 23.5 Å². The molecule has 0 N–H and O–H groups in total. The molecule has 5 heteroatoms.